The second-order valence-electron chi connectivity index (χ2n) is 18.1. The van der Waals surface area contributed by atoms with E-state index in [1.165, 1.54) is 122 Å². The van der Waals surface area contributed by atoms with E-state index in [0.717, 1.165) is 30.3 Å². The zero-order valence-electron chi connectivity index (χ0n) is 34.0. The van der Waals surface area contributed by atoms with Crippen LogP contribution in [0.1, 0.15) is 131 Å². The molecule has 290 valence electrons. The number of nitrogens with zero attached hydrogens (tertiary/aromatic N) is 1. The Balaban J connectivity index is 0.994. The van der Waals surface area contributed by atoms with Gasteiger partial charge in [0.1, 0.15) is 5.84 Å². The minimum Gasteiger partial charge on any atom is -0.363 e. The van der Waals surface area contributed by atoms with Crippen molar-refractivity contribution in [2.75, 3.05) is 0 Å². The molecule has 7 atom stereocenters. The molecular weight excluding hydrogens is 689 g/mol. The van der Waals surface area contributed by atoms with Crippen molar-refractivity contribution < 1.29 is 0 Å². The highest BCUT2D eigenvalue weighted by atomic mass is 15.1. The summed E-state index contributed by atoms with van der Waals surface area (Å²) in [6, 6.07) is 17.2. The summed E-state index contributed by atoms with van der Waals surface area (Å²) in [5.41, 5.74) is 15.6. The molecule has 7 unspecified atom stereocenters. The van der Waals surface area contributed by atoms with E-state index in [4.69, 9.17) is 4.99 Å². The molecule has 0 bridgehead atoms. The summed E-state index contributed by atoms with van der Waals surface area (Å²) in [5, 5.41) is 4.13. The molecule has 2 heteroatoms. The van der Waals surface area contributed by atoms with Gasteiger partial charge >= 0.3 is 0 Å². The number of hydrogen-bond acceptors (Lipinski definition) is 2. The Morgan fingerprint density at radius 2 is 1.40 bits per heavy atom. The quantitative estimate of drug-likeness (QED) is 0.280. The Labute approximate surface area is 342 Å². The third kappa shape index (κ3) is 7.35. The van der Waals surface area contributed by atoms with Crippen LogP contribution in [0.15, 0.2) is 144 Å². The van der Waals surface area contributed by atoms with Gasteiger partial charge in [0.15, 0.2) is 0 Å². The molecule has 10 rings (SSSR count). The molecule has 0 amide bonds. The molecule has 0 saturated carbocycles. The number of nitrogens with one attached hydrogen (secondary N) is 1. The number of aliphatic imine (C=N–C) groups is 1. The predicted octanol–water partition coefficient (Wildman–Crippen LogP) is 14.1. The molecule has 0 radical (unpaired) electrons. The van der Waals surface area contributed by atoms with Gasteiger partial charge in [0.2, 0.25) is 0 Å². The third-order valence-corrected chi connectivity index (χ3v) is 14.7. The highest BCUT2D eigenvalue weighted by Gasteiger charge is 2.36. The maximum Gasteiger partial charge on any atom is 0.130 e. The topological polar surface area (TPSA) is 24.4 Å². The first-order chi connectivity index (χ1) is 28.2. The van der Waals surface area contributed by atoms with E-state index in [0.29, 0.717) is 29.6 Å². The van der Waals surface area contributed by atoms with Crippen LogP contribution < -0.4 is 5.32 Å². The molecule has 0 spiro atoms. The predicted molar refractivity (Wildman–Crippen MR) is 242 cm³/mol. The fraction of sp³-hybridized carbons (Fsp3) is 0.400. The summed E-state index contributed by atoms with van der Waals surface area (Å²) in [7, 11) is 0. The molecule has 8 aliphatic rings. The molecule has 1 aliphatic heterocycles. The number of benzene rings is 2. The molecule has 0 fully saturated rings. The molecule has 0 saturated heterocycles. The van der Waals surface area contributed by atoms with Crippen molar-refractivity contribution in [1.82, 2.24) is 5.32 Å². The van der Waals surface area contributed by atoms with Gasteiger partial charge in [-0.05, 0) is 159 Å². The van der Waals surface area contributed by atoms with Gasteiger partial charge in [-0.3, -0.25) is 0 Å². The Morgan fingerprint density at radius 1 is 0.632 bits per heavy atom. The van der Waals surface area contributed by atoms with E-state index in [1.54, 1.807) is 11.1 Å². The third-order valence-electron chi connectivity index (χ3n) is 14.7. The van der Waals surface area contributed by atoms with Crippen LogP contribution in [0.2, 0.25) is 0 Å². The number of rotatable bonds is 7. The summed E-state index contributed by atoms with van der Waals surface area (Å²) in [6.45, 7) is 2.36. The average molecular weight is 749 g/mol. The van der Waals surface area contributed by atoms with Gasteiger partial charge in [0, 0.05) is 34.8 Å². The standard InChI is InChI=1S/C55H60N2/c1-37-53(43-31-29-39(30-32-43)38-15-4-2-5-16-38)56-55(51-28-14-22-41-20-9-11-26-48(41)51)57-54(37)46-24-12-23-44(35-46)50-34-33-45(36-52(50)42-17-6-3-7-18-42)49-27-13-21-40-19-8-10-25-47(40)49/h9-12,14-15,17,20,22-23,25-34,36,40-41,44,46-48,54H,2-8,13,16,18-19,21,24,35H2,1H3,(H,56,57). The Morgan fingerprint density at radius 3 is 2.25 bits per heavy atom. The first-order valence-corrected chi connectivity index (χ1v) is 22.6. The maximum absolute atomic E-state index is 5.55. The minimum absolute atomic E-state index is 0.202. The van der Waals surface area contributed by atoms with E-state index in [1.807, 2.05) is 0 Å². The Bertz CT molecular complexity index is 2220. The van der Waals surface area contributed by atoms with E-state index >= 15 is 0 Å². The average Bonchev–Trinajstić information content (AvgIpc) is 3.29. The van der Waals surface area contributed by atoms with Crippen LogP contribution in [0.25, 0.3) is 22.4 Å². The lowest BCUT2D eigenvalue weighted by Gasteiger charge is -2.39. The number of amidine groups is 1. The fourth-order valence-electron chi connectivity index (χ4n) is 11.6. The molecule has 1 heterocycles. The monoisotopic (exact) mass is 748 g/mol. The largest absolute Gasteiger partial charge is 0.363 e. The van der Waals surface area contributed by atoms with Gasteiger partial charge in [0.25, 0.3) is 0 Å². The van der Waals surface area contributed by atoms with Crippen LogP contribution in [-0.4, -0.2) is 11.9 Å². The second-order valence-corrected chi connectivity index (χ2v) is 18.1. The number of hydrogen-bond donors (Lipinski definition) is 1. The van der Waals surface area contributed by atoms with Crippen LogP contribution in [0.5, 0.6) is 0 Å². The number of allylic oxidation sites excluding steroid dienone is 17. The lowest BCUT2D eigenvalue weighted by molar-refractivity contribution is 0.376. The summed E-state index contributed by atoms with van der Waals surface area (Å²) >= 11 is 0. The van der Waals surface area contributed by atoms with Gasteiger partial charge in [-0.2, -0.15) is 0 Å². The molecule has 2 nitrogen and oxygen atoms in total. The minimum atomic E-state index is 0.202. The van der Waals surface area contributed by atoms with E-state index < -0.39 is 0 Å². The first kappa shape index (κ1) is 36.6. The molecule has 1 N–H and O–H groups in total. The Kier molecular flexibility index (Phi) is 10.5. The van der Waals surface area contributed by atoms with Crippen molar-refractivity contribution in [2.45, 2.75) is 109 Å². The van der Waals surface area contributed by atoms with Crippen LogP contribution in [0, 0.1) is 29.6 Å². The van der Waals surface area contributed by atoms with Gasteiger partial charge in [-0.25, -0.2) is 4.99 Å². The second kappa shape index (κ2) is 16.3. The molecule has 2 aromatic rings. The van der Waals surface area contributed by atoms with Crippen LogP contribution >= 0.6 is 0 Å². The molecule has 2 aromatic carbocycles. The summed E-state index contributed by atoms with van der Waals surface area (Å²) < 4.78 is 0. The van der Waals surface area contributed by atoms with E-state index in [9.17, 15) is 0 Å². The van der Waals surface area contributed by atoms with Crippen molar-refractivity contribution in [1.29, 1.82) is 0 Å². The van der Waals surface area contributed by atoms with E-state index in [-0.39, 0.29) is 6.04 Å². The van der Waals surface area contributed by atoms with Crippen molar-refractivity contribution >= 4 is 28.3 Å². The molecule has 0 aromatic heterocycles. The van der Waals surface area contributed by atoms with Crippen LogP contribution in [0.3, 0.4) is 0 Å². The zero-order valence-corrected chi connectivity index (χ0v) is 34.0. The maximum atomic E-state index is 5.55. The Hall–Kier alpha value is -4.69. The van der Waals surface area contributed by atoms with Crippen molar-refractivity contribution in [3.8, 4) is 0 Å². The van der Waals surface area contributed by atoms with E-state index in [2.05, 4.69) is 140 Å². The van der Waals surface area contributed by atoms with Crippen molar-refractivity contribution in [2.24, 2.45) is 34.6 Å². The van der Waals surface area contributed by atoms with Gasteiger partial charge < -0.3 is 5.32 Å². The van der Waals surface area contributed by atoms with Gasteiger partial charge in [-0.1, -0.05) is 121 Å². The zero-order chi connectivity index (χ0) is 38.1. The van der Waals surface area contributed by atoms with Crippen LogP contribution in [-0.2, 0) is 0 Å². The van der Waals surface area contributed by atoms with Crippen LogP contribution in [0.4, 0.5) is 0 Å². The lowest BCUT2D eigenvalue weighted by atomic mass is 9.70. The van der Waals surface area contributed by atoms with Crippen molar-refractivity contribution in [3.63, 3.8) is 0 Å². The summed E-state index contributed by atoms with van der Waals surface area (Å²) in [4.78, 5) is 5.55. The summed E-state index contributed by atoms with van der Waals surface area (Å²) in [5.74, 6) is 3.94. The SMILES string of the molecule is CC1=C(c2ccc(C3=CCCCC3)cc2)N=C(C2=CC=CC3C=CC=CC23)NC1C1CC=CC(c2ccc(C3=CCCC4CCC=CC34)cc2C2=CCCCC2)C1. The van der Waals surface area contributed by atoms with Gasteiger partial charge in [-0.15, -0.1) is 0 Å². The summed E-state index contributed by atoms with van der Waals surface area (Å²) in [6.07, 6.45) is 51.0. The fourth-order valence-corrected chi connectivity index (χ4v) is 11.6. The number of fused-ring (bicyclic) bond motifs is 2. The smallest absolute Gasteiger partial charge is 0.130 e. The lowest BCUT2D eigenvalue weighted by Crippen LogP contribution is -2.46. The molecular formula is C55H60N2. The highest BCUT2D eigenvalue weighted by molar-refractivity contribution is 6.04. The van der Waals surface area contributed by atoms with Crippen molar-refractivity contribution in [3.05, 3.63) is 166 Å². The first-order valence-electron chi connectivity index (χ1n) is 22.6. The molecule has 7 aliphatic carbocycles. The normalized spacial score (nSPS) is 30.7. The highest BCUT2D eigenvalue weighted by Crippen LogP contribution is 2.46. The van der Waals surface area contributed by atoms with Gasteiger partial charge in [0.05, 0.1) is 11.7 Å². The molecule has 57 heavy (non-hydrogen) atoms.